The molecule has 0 bridgehead atoms. The molecule has 0 radical (unpaired) electrons. The van der Waals surface area contributed by atoms with Crippen LogP contribution in [0.15, 0.2) is 18.2 Å². The lowest BCUT2D eigenvalue weighted by Gasteiger charge is -2.34. The number of rotatable bonds is 4. The quantitative estimate of drug-likeness (QED) is 0.841. The first-order chi connectivity index (χ1) is 10.7. The van der Waals surface area contributed by atoms with E-state index in [4.69, 9.17) is 5.73 Å². The number of nitrogens with two attached hydrogens (primary N) is 1. The van der Waals surface area contributed by atoms with E-state index in [2.05, 4.69) is 4.72 Å². The Hall–Kier alpha value is -1.31. The molecule has 136 valence electrons. The molecule has 1 aliphatic rings. The fourth-order valence-electron chi connectivity index (χ4n) is 2.92. The van der Waals surface area contributed by atoms with Crippen LogP contribution in [-0.4, -0.2) is 44.6 Å². The lowest BCUT2D eigenvalue weighted by atomic mass is 9.90. The second-order valence-electron chi connectivity index (χ2n) is 6.41. The molecule has 8 heteroatoms. The Morgan fingerprint density at radius 2 is 1.92 bits per heavy atom. The van der Waals surface area contributed by atoms with E-state index >= 15 is 0 Å². The molecule has 1 unspecified atom stereocenters. The van der Waals surface area contributed by atoms with Crippen molar-refractivity contribution in [1.82, 2.24) is 4.90 Å². The molecule has 1 aliphatic heterocycles. The van der Waals surface area contributed by atoms with Gasteiger partial charge in [0.1, 0.15) is 0 Å². The van der Waals surface area contributed by atoms with Crippen LogP contribution >= 0.6 is 12.4 Å². The average molecular weight is 376 g/mol. The van der Waals surface area contributed by atoms with Crippen molar-refractivity contribution in [2.75, 3.05) is 24.1 Å². The minimum Gasteiger partial charge on any atom is -0.339 e. The van der Waals surface area contributed by atoms with Crippen molar-refractivity contribution >= 4 is 34.0 Å². The van der Waals surface area contributed by atoms with Gasteiger partial charge in [-0.3, -0.25) is 9.52 Å². The molecule has 24 heavy (non-hydrogen) atoms. The summed E-state index contributed by atoms with van der Waals surface area (Å²) in [5, 5.41) is 0. The maximum Gasteiger partial charge on any atom is 0.255 e. The summed E-state index contributed by atoms with van der Waals surface area (Å²) in [4.78, 5) is 14.6. The van der Waals surface area contributed by atoms with Crippen LogP contribution in [0, 0.1) is 12.8 Å². The van der Waals surface area contributed by atoms with Gasteiger partial charge in [-0.25, -0.2) is 8.42 Å². The number of hydrogen-bond donors (Lipinski definition) is 2. The Kier molecular flexibility index (Phi) is 7.07. The third kappa shape index (κ3) is 5.36. The van der Waals surface area contributed by atoms with E-state index in [1.54, 1.807) is 23.1 Å². The highest BCUT2D eigenvalue weighted by Crippen LogP contribution is 2.25. The van der Waals surface area contributed by atoms with Crippen LogP contribution in [0.5, 0.6) is 0 Å². The zero-order chi connectivity index (χ0) is 17.2. The molecule has 3 N–H and O–H groups in total. The summed E-state index contributed by atoms with van der Waals surface area (Å²) in [6.07, 6.45) is 2.84. The van der Waals surface area contributed by atoms with Gasteiger partial charge >= 0.3 is 0 Å². The molecule has 1 aromatic rings. The number of nitrogens with one attached hydrogen (secondary N) is 1. The number of nitrogens with zero attached hydrogens (tertiary/aromatic N) is 1. The topological polar surface area (TPSA) is 92.5 Å². The number of carbonyl (C=O) groups excluding carboxylic acids is 1. The smallest absolute Gasteiger partial charge is 0.255 e. The number of amides is 1. The molecule has 6 nitrogen and oxygen atoms in total. The van der Waals surface area contributed by atoms with Gasteiger partial charge in [-0.2, -0.15) is 0 Å². The average Bonchev–Trinajstić information content (AvgIpc) is 2.47. The molecule has 1 saturated heterocycles. The lowest BCUT2D eigenvalue weighted by molar-refractivity contribution is 0.0682. The van der Waals surface area contributed by atoms with Crippen LogP contribution in [0.1, 0.15) is 35.7 Å². The van der Waals surface area contributed by atoms with E-state index in [1.807, 2.05) is 13.8 Å². The van der Waals surface area contributed by atoms with Gasteiger partial charge in [-0.15, -0.1) is 12.4 Å². The van der Waals surface area contributed by atoms with Gasteiger partial charge < -0.3 is 10.6 Å². The highest BCUT2D eigenvalue weighted by atomic mass is 35.5. The molecule has 1 amide bonds. The Morgan fingerprint density at radius 1 is 1.33 bits per heavy atom. The number of sulfonamides is 1. The second-order valence-corrected chi connectivity index (χ2v) is 8.16. The second kappa shape index (κ2) is 8.18. The van der Waals surface area contributed by atoms with E-state index < -0.39 is 10.0 Å². The van der Waals surface area contributed by atoms with Gasteiger partial charge in [0.05, 0.1) is 17.5 Å². The van der Waals surface area contributed by atoms with Gasteiger partial charge in [0.25, 0.3) is 5.91 Å². The summed E-state index contributed by atoms with van der Waals surface area (Å²) in [6.45, 7) is 5.18. The van der Waals surface area contributed by atoms with Gasteiger partial charge in [0.15, 0.2) is 0 Å². The predicted octanol–water partition coefficient (Wildman–Crippen LogP) is 1.99. The molecule has 0 aromatic heterocycles. The van der Waals surface area contributed by atoms with E-state index in [0.29, 0.717) is 30.3 Å². The zero-order valence-electron chi connectivity index (χ0n) is 14.3. The van der Waals surface area contributed by atoms with Crippen molar-refractivity contribution in [1.29, 1.82) is 0 Å². The summed E-state index contributed by atoms with van der Waals surface area (Å²) in [5.74, 6) is 0.299. The Bertz CT molecular complexity index is 684. The fourth-order valence-corrected chi connectivity index (χ4v) is 3.50. The van der Waals surface area contributed by atoms with Crippen LogP contribution < -0.4 is 10.5 Å². The van der Waals surface area contributed by atoms with Crippen molar-refractivity contribution in [3.8, 4) is 0 Å². The molecule has 1 aromatic carbocycles. The van der Waals surface area contributed by atoms with Gasteiger partial charge in [0, 0.05) is 19.1 Å². The van der Waals surface area contributed by atoms with Gasteiger partial charge in [-0.05, 0) is 44.7 Å². The van der Waals surface area contributed by atoms with E-state index in [1.165, 1.54) is 0 Å². The summed E-state index contributed by atoms with van der Waals surface area (Å²) in [7, 11) is -3.43. The molecule has 0 saturated carbocycles. The highest BCUT2D eigenvalue weighted by Gasteiger charge is 2.27. The van der Waals surface area contributed by atoms with Gasteiger partial charge in [0.2, 0.25) is 10.0 Å². The number of anilines is 1. The number of piperidine rings is 1. The van der Waals surface area contributed by atoms with Crippen molar-refractivity contribution in [3.05, 3.63) is 29.3 Å². The molecular formula is C16H26ClN3O3S. The van der Waals surface area contributed by atoms with Crippen molar-refractivity contribution in [2.45, 2.75) is 32.7 Å². The monoisotopic (exact) mass is 375 g/mol. The molecule has 1 fully saturated rings. The van der Waals surface area contributed by atoms with E-state index in [9.17, 15) is 13.2 Å². The number of aryl methyl sites for hydroxylation is 1. The zero-order valence-corrected chi connectivity index (χ0v) is 15.9. The normalized spacial score (nSPS) is 17.1. The molecule has 0 aliphatic carbocycles. The molecule has 1 heterocycles. The SMILES string of the molecule is Cc1ccc(NS(C)(=O)=O)c(C(=O)N2CCC(C(C)N)CC2)c1.Cl. The highest BCUT2D eigenvalue weighted by molar-refractivity contribution is 7.92. The van der Waals surface area contributed by atoms with Crippen LogP contribution in [0.25, 0.3) is 0 Å². The maximum absolute atomic E-state index is 12.8. The largest absolute Gasteiger partial charge is 0.339 e. The van der Waals surface area contributed by atoms with E-state index in [0.717, 1.165) is 24.7 Å². The summed E-state index contributed by atoms with van der Waals surface area (Å²) >= 11 is 0. The first-order valence-corrected chi connectivity index (χ1v) is 9.70. The molecule has 0 spiro atoms. The summed E-state index contributed by atoms with van der Waals surface area (Å²) in [6, 6.07) is 5.28. The number of benzene rings is 1. The third-order valence-electron chi connectivity index (χ3n) is 4.27. The van der Waals surface area contributed by atoms with Crippen LogP contribution in [0.2, 0.25) is 0 Å². The van der Waals surface area contributed by atoms with Crippen LogP contribution in [-0.2, 0) is 10.0 Å². The minimum atomic E-state index is -3.43. The predicted molar refractivity (Wildman–Crippen MR) is 99.2 cm³/mol. The lowest BCUT2D eigenvalue weighted by Crippen LogP contribution is -2.42. The number of likely N-dealkylation sites (tertiary alicyclic amines) is 1. The van der Waals surface area contributed by atoms with E-state index in [-0.39, 0.29) is 24.4 Å². The summed E-state index contributed by atoms with van der Waals surface area (Å²) < 4.78 is 25.4. The van der Waals surface area contributed by atoms with Gasteiger partial charge in [-0.1, -0.05) is 11.6 Å². The fraction of sp³-hybridized carbons (Fsp3) is 0.562. The maximum atomic E-state index is 12.8. The van der Waals surface area contributed by atoms with Crippen molar-refractivity contribution in [2.24, 2.45) is 11.7 Å². The summed E-state index contributed by atoms with van der Waals surface area (Å²) in [5.41, 5.74) is 7.58. The van der Waals surface area contributed by atoms with Crippen molar-refractivity contribution in [3.63, 3.8) is 0 Å². The number of halogens is 1. The Morgan fingerprint density at radius 3 is 2.42 bits per heavy atom. The minimum absolute atomic E-state index is 0. The first-order valence-electron chi connectivity index (χ1n) is 7.80. The standard InChI is InChI=1S/C16H25N3O3S.ClH/c1-11-4-5-15(18-23(3,21)22)14(10-11)16(20)19-8-6-13(7-9-19)12(2)17;/h4-5,10,12-13,18H,6-9,17H2,1-3H3;1H. The molecule has 2 rings (SSSR count). The van der Waals surface area contributed by atoms with Crippen molar-refractivity contribution < 1.29 is 13.2 Å². The first kappa shape index (κ1) is 20.7. The molecule has 1 atom stereocenters. The Balaban J connectivity index is 0.00000288. The number of carbonyl (C=O) groups is 1. The van der Waals surface area contributed by atoms with Crippen LogP contribution in [0.4, 0.5) is 5.69 Å². The van der Waals surface area contributed by atoms with Crippen LogP contribution in [0.3, 0.4) is 0 Å². The third-order valence-corrected chi connectivity index (χ3v) is 4.86. The Labute approximate surface area is 150 Å². The molecular weight excluding hydrogens is 350 g/mol. The number of hydrogen-bond acceptors (Lipinski definition) is 4.